The van der Waals surface area contributed by atoms with Gasteiger partial charge in [0.25, 0.3) is 0 Å². The molecule has 1 heterocycles. The molecule has 0 saturated heterocycles. The second-order valence-corrected chi connectivity index (χ2v) is 8.58. The van der Waals surface area contributed by atoms with Crippen molar-refractivity contribution in [2.45, 2.75) is 38.3 Å². The van der Waals surface area contributed by atoms with Crippen molar-refractivity contribution in [3.8, 4) is 12.1 Å². The van der Waals surface area contributed by atoms with Crippen LogP contribution in [0.4, 0.5) is 5.82 Å². The van der Waals surface area contributed by atoms with Crippen molar-refractivity contribution in [3.05, 3.63) is 58.8 Å². The predicted octanol–water partition coefficient (Wildman–Crippen LogP) is -0.347. The zero-order chi connectivity index (χ0) is 28.1. The van der Waals surface area contributed by atoms with Crippen molar-refractivity contribution >= 4 is 23.5 Å². The quantitative estimate of drug-likeness (QED) is 0.233. The number of amides is 3. The summed E-state index contributed by atoms with van der Waals surface area (Å²) in [6.45, 7) is 2.62. The van der Waals surface area contributed by atoms with Gasteiger partial charge < -0.3 is 32.7 Å². The number of anilines is 1. The van der Waals surface area contributed by atoms with E-state index in [-0.39, 0.29) is 61.9 Å². The van der Waals surface area contributed by atoms with Gasteiger partial charge in [0.1, 0.15) is 18.2 Å². The Balaban J connectivity index is 2.20. The highest BCUT2D eigenvalue weighted by Crippen LogP contribution is 2.17. The maximum absolute atomic E-state index is 13.2. The smallest absolute Gasteiger partial charge is 0.248 e. The lowest BCUT2D eigenvalue weighted by atomic mass is 10.0. The SMILES string of the molecule is Cc1nc(NC(=O)C(CCc2ccccc2)NC(=O)C(N)CC(=O)N(CCN)CCN)c(C#N)cc1C#N. The minimum Gasteiger partial charge on any atom is -0.343 e. The fourth-order valence-corrected chi connectivity index (χ4v) is 3.69. The van der Waals surface area contributed by atoms with E-state index in [0.717, 1.165) is 5.56 Å². The van der Waals surface area contributed by atoms with Gasteiger partial charge in [-0.25, -0.2) is 4.98 Å². The van der Waals surface area contributed by atoms with Gasteiger partial charge in [-0.3, -0.25) is 14.4 Å². The molecule has 0 aliphatic carbocycles. The summed E-state index contributed by atoms with van der Waals surface area (Å²) in [5.74, 6) is -1.69. The molecule has 2 rings (SSSR count). The Morgan fingerprint density at radius 3 is 2.24 bits per heavy atom. The van der Waals surface area contributed by atoms with E-state index in [1.54, 1.807) is 6.92 Å². The van der Waals surface area contributed by atoms with Crippen LogP contribution >= 0.6 is 0 Å². The molecule has 0 spiro atoms. The van der Waals surface area contributed by atoms with Crippen molar-refractivity contribution in [1.82, 2.24) is 15.2 Å². The number of nitriles is 2. The second kappa shape index (κ2) is 15.0. The lowest BCUT2D eigenvalue weighted by Crippen LogP contribution is -2.52. The van der Waals surface area contributed by atoms with Crippen molar-refractivity contribution in [2.75, 3.05) is 31.5 Å². The van der Waals surface area contributed by atoms with Crippen molar-refractivity contribution in [2.24, 2.45) is 17.2 Å². The first kappa shape index (κ1) is 29.9. The lowest BCUT2D eigenvalue weighted by Gasteiger charge is -2.24. The van der Waals surface area contributed by atoms with Crippen LogP contribution < -0.4 is 27.8 Å². The van der Waals surface area contributed by atoms with Crippen LogP contribution in [-0.4, -0.2) is 65.9 Å². The highest BCUT2D eigenvalue weighted by Gasteiger charge is 2.27. The van der Waals surface area contributed by atoms with Crippen LogP contribution in [-0.2, 0) is 20.8 Å². The zero-order valence-corrected chi connectivity index (χ0v) is 21.3. The zero-order valence-electron chi connectivity index (χ0n) is 21.3. The van der Waals surface area contributed by atoms with E-state index in [2.05, 4.69) is 15.6 Å². The Labute approximate surface area is 221 Å². The van der Waals surface area contributed by atoms with Gasteiger partial charge in [0.2, 0.25) is 17.7 Å². The Hall–Kier alpha value is -4.36. The van der Waals surface area contributed by atoms with Crippen LogP contribution in [0.15, 0.2) is 36.4 Å². The molecule has 1 aromatic carbocycles. The summed E-state index contributed by atoms with van der Waals surface area (Å²) in [6, 6.07) is 12.3. The standard InChI is InChI=1S/C26H33N9O3/c1-17-19(15-29)13-20(16-30)24(32-17)34-26(38)22(8-7-18-5-3-2-4-6-18)33-25(37)21(31)14-23(36)35(11-9-27)12-10-28/h2-6,13,21-22H,7-12,14,27-28,31H2,1H3,(H,33,37)(H,32,34,38). The third kappa shape index (κ3) is 8.64. The van der Waals surface area contributed by atoms with Crippen LogP contribution in [0.5, 0.6) is 0 Å². The largest absolute Gasteiger partial charge is 0.343 e. The molecule has 0 fully saturated rings. The summed E-state index contributed by atoms with van der Waals surface area (Å²) in [7, 11) is 0. The molecule has 0 aliphatic rings. The highest BCUT2D eigenvalue weighted by molar-refractivity contribution is 5.98. The van der Waals surface area contributed by atoms with Gasteiger partial charge in [-0.2, -0.15) is 10.5 Å². The average Bonchev–Trinajstić information content (AvgIpc) is 2.91. The summed E-state index contributed by atoms with van der Waals surface area (Å²) in [5.41, 5.74) is 18.6. The van der Waals surface area contributed by atoms with Gasteiger partial charge in [-0.1, -0.05) is 30.3 Å². The number of nitrogens with one attached hydrogen (secondary N) is 2. The van der Waals surface area contributed by atoms with E-state index < -0.39 is 23.9 Å². The van der Waals surface area contributed by atoms with Crippen LogP contribution in [0.2, 0.25) is 0 Å². The number of nitrogens with zero attached hydrogens (tertiary/aromatic N) is 4. The molecule has 2 atom stereocenters. The Kier molecular flexibility index (Phi) is 11.8. The maximum Gasteiger partial charge on any atom is 0.248 e. The highest BCUT2D eigenvalue weighted by atomic mass is 16.2. The summed E-state index contributed by atoms with van der Waals surface area (Å²) in [4.78, 5) is 44.4. The topological polar surface area (TPSA) is 217 Å². The van der Waals surface area contributed by atoms with Gasteiger partial charge in [-0.15, -0.1) is 0 Å². The molecular weight excluding hydrogens is 486 g/mol. The molecule has 2 unspecified atom stereocenters. The Bertz CT molecular complexity index is 1200. The predicted molar refractivity (Wildman–Crippen MR) is 141 cm³/mol. The molecular formula is C26H33N9O3. The van der Waals surface area contributed by atoms with Crippen LogP contribution in [0.1, 0.15) is 35.2 Å². The second-order valence-electron chi connectivity index (χ2n) is 8.58. The summed E-state index contributed by atoms with van der Waals surface area (Å²) in [6.07, 6.45) is 0.388. The average molecular weight is 520 g/mol. The van der Waals surface area contributed by atoms with Crippen molar-refractivity contribution in [1.29, 1.82) is 10.5 Å². The first-order valence-electron chi connectivity index (χ1n) is 12.1. The van der Waals surface area contributed by atoms with E-state index in [0.29, 0.717) is 12.1 Å². The molecule has 3 amide bonds. The van der Waals surface area contributed by atoms with Crippen LogP contribution in [0, 0.1) is 29.6 Å². The van der Waals surface area contributed by atoms with E-state index in [9.17, 15) is 24.9 Å². The van der Waals surface area contributed by atoms with E-state index in [4.69, 9.17) is 17.2 Å². The molecule has 38 heavy (non-hydrogen) atoms. The summed E-state index contributed by atoms with van der Waals surface area (Å²) in [5, 5.41) is 23.9. The fraction of sp³-hybridized carbons (Fsp3) is 0.385. The number of hydrogen-bond acceptors (Lipinski definition) is 9. The minimum atomic E-state index is -1.21. The number of aromatic nitrogens is 1. The Morgan fingerprint density at radius 1 is 1.03 bits per heavy atom. The number of aryl methyl sites for hydroxylation is 2. The fourth-order valence-electron chi connectivity index (χ4n) is 3.69. The van der Waals surface area contributed by atoms with E-state index in [1.807, 2.05) is 42.5 Å². The normalized spacial score (nSPS) is 11.9. The van der Waals surface area contributed by atoms with Gasteiger partial charge >= 0.3 is 0 Å². The lowest BCUT2D eigenvalue weighted by molar-refractivity contribution is -0.134. The van der Waals surface area contributed by atoms with E-state index >= 15 is 0 Å². The van der Waals surface area contributed by atoms with Crippen LogP contribution in [0.25, 0.3) is 0 Å². The Morgan fingerprint density at radius 2 is 1.66 bits per heavy atom. The molecule has 0 bridgehead atoms. The maximum atomic E-state index is 13.2. The molecule has 12 nitrogen and oxygen atoms in total. The number of rotatable bonds is 13. The molecule has 12 heteroatoms. The number of benzene rings is 1. The van der Waals surface area contributed by atoms with Crippen molar-refractivity contribution in [3.63, 3.8) is 0 Å². The minimum absolute atomic E-state index is 0.0100. The van der Waals surface area contributed by atoms with Gasteiger partial charge in [0.05, 0.1) is 29.3 Å². The summed E-state index contributed by atoms with van der Waals surface area (Å²) < 4.78 is 0. The summed E-state index contributed by atoms with van der Waals surface area (Å²) >= 11 is 0. The van der Waals surface area contributed by atoms with Crippen LogP contribution in [0.3, 0.4) is 0 Å². The molecule has 200 valence electrons. The molecule has 0 saturated carbocycles. The number of carbonyl (C=O) groups is 3. The van der Waals surface area contributed by atoms with E-state index in [1.165, 1.54) is 11.0 Å². The third-order valence-electron chi connectivity index (χ3n) is 5.78. The third-order valence-corrected chi connectivity index (χ3v) is 5.78. The number of hydrogen-bond donors (Lipinski definition) is 5. The monoisotopic (exact) mass is 519 g/mol. The first-order chi connectivity index (χ1) is 18.2. The molecule has 0 radical (unpaired) electrons. The molecule has 8 N–H and O–H groups in total. The number of pyridine rings is 1. The van der Waals surface area contributed by atoms with Gasteiger partial charge in [0.15, 0.2) is 5.82 Å². The molecule has 0 aliphatic heterocycles. The number of nitrogens with two attached hydrogens (primary N) is 3. The number of carbonyl (C=O) groups excluding carboxylic acids is 3. The van der Waals surface area contributed by atoms with Crippen molar-refractivity contribution < 1.29 is 14.4 Å². The van der Waals surface area contributed by atoms with Gasteiger partial charge in [-0.05, 0) is 31.4 Å². The van der Waals surface area contributed by atoms with Gasteiger partial charge in [0, 0.05) is 26.2 Å². The molecule has 2 aromatic rings. The first-order valence-corrected chi connectivity index (χ1v) is 12.1. The molecule has 1 aromatic heterocycles.